The van der Waals surface area contributed by atoms with Gasteiger partial charge in [-0.1, -0.05) is 6.92 Å². The standard InChI is InChI=1S/C11H17N3O3S/c1-3-5-14(7-9(15)16)8(2)10(17)13-11-12-4-6-18-11/h4,6,8H,3,5,7H2,1-2H3,(H,15,16)(H,12,13,17). The van der Waals surface area contributed by atoms with Crippen molar-refractivity contribution in [2.75, 3.05) is 18.4 Å². The number of aromatic nitrogens is 1. The second-order valence-corrected chi connectivity index (χ2v) is 4.76. The maximum atomic E-state index is 11.9. The van der Waals surface area contributed by atoms with Gasteiger partial charge in [-0.3, -0.25) is 14.5 Å². The zero-order chi connectivity index (χ0) is 13.5. The molecule has 18 heavy (non-hydrogen) atoms. The molecule has 1 heterocycles. The maximum absolute atomic E-state index is 11.9. The molecule has 0 spiro atoms. The summed E-state index contributed by atoms with van der Waals surface area (Å²) in [6, 6.07) is -0.495. The summed E-state index contributed by atoms with van der Waals surface area (Å²) in [4.78, 5) is 28.3. The number of nitrogens with zero attached hydrogens (tertiary/aromatic N) is 2. The Kier molecular flexibility index (Phi) is 5.73. The van der Waals surface area contributed by atoms with E-state index in [0.717, 1.165) is 6.42 Å². The van der Waals surface area contributed by atoms with Gasteiger partial charge in [-0.15, -0.1) is 11.3 Å². The zero-order valence-electron chi connectivity index (χ0n) is 10.4. The van der Waals surface area contributed by atoms with E-state index in [1.165, 1.54) is 11.3 Å². The third-order valence-electron chi connectivity index (χ3n) is 2.44. The summed E-state index contributed by atoms with van der Waals surface area (Å²) in [6.07, 6.45) is 2.40. The minimum absolute atomic E-state index is 0.139. The molecule has 0 saturated carbocycles. The molecule has 0 aliphatic heterocycles. The average molecular weight is 271 g/mol. The molecule has 7 heteroatoms. The van der Waals surface area contributed by atoms with E-state index in [9.17, 15) is 9.59 Å². The lowest BCUT2D eigenvalue weighted by Crippen LogP contribution is -2.44. The third-order valence-corrected chi connectivity index (χ3v) is 3.13. The molecular weight excluding hydrogens is 254 g/mol. The lowest BCUT2D eigenvalue weighted by Gasteiger charge is -2.25. The van der Waals surface area contributed by atoms with Gasteiger partial charge >= 0.3 is 5.97 Å². The van der Waals surface area contributed by atoms with Crippen molar-refractivity contribution in [3.8, 4) is 0 Å². The Balaban J connectivity index is 2.60. The van der Waals surface area contributed by atoms with Crippen LogP contribution in [0.3, 0.4) is 0 Å². The van der Waals surface area contributed by atoms with Crippen molar-refractivity contribution < 1.29 is 14.7 Å². The summed E-state index contributed by atoms with van der Waals surface area (Å²) >= 11 is 1.33. The first-order valence-electron chi connectivity index (χ1n) is 5.70. The number of carboxylic acids is 1. The molecule has 1 amide bonds. The van der Waals surface area contributed by atoms with Crippen LogP contribution in [0.25, 0.3) is 0 Å². The van der Waals surface area contributed by atoms with Gasteiger partial charge in [0.05, 0.1) is 12.6 Å². The van der Waals surface area contributed by atoms with Crippen LogP contribution in [-0.4, -0.2) is 46.0 Å². The van der Waals surface area contributed by atoms with Crippen molar-refractivity contribution in [2.24, 2.45) is 0 Å². The fraction of sp³-hybridized carbons (Fsp3) is 0.545. The fourth-order valence-electron chi connectivity index (χ4n) is 1.53. The number of carbonyl (C=O) groups excluding carboxylic acids is 1. The lowest BCUT2D eigenvalue weighted by molar-refractivity contribution is -0.139. The fourth-order valence-corrected chi connectivity index (χ4v) is 2.06. The number of amides is 1. The van der Waals surface area contributed by atoms with E-state index in [-0.39, 0.29) is 12.5 Å². The van der Waals surface area contributed by atoms with Crippen LogP contribution >= 0.6 is 11.3 Å². The summed E-state index contributed by atoms with van der Waals surface area (Å²) in [7, 11) is 0. The molecule has 1 rings (SSSR count). The first kappa shape index (κ1) is 14.6. The quantitative estimate of drug-likeness (QED) is 0.780. The molecule has 100 valence electrons. The molecule has 0 saturated heterocycles. The van der Waals surface area contributed by atoms with E-state index in [4.69, 9.17) is 5.11 Å². The minimum atomic E-state index is -0.933. The maximum Gasteiger partial charge on any atom is 0.317 e. The van der Waals surface area contributed by atoms with E-state index >= 15 is 0 Å². The largest absolute Gasteiger partial charge is 0.480 e. The van der Waals surface area contributed by atoms with Crippen LogP contribution in [0.4, 0.5) is 5.13 Å². The van der Waals surface area contributed by atoms with Gasteiger partial charge in [-0.2, -0.15) is 0 Å². The Morgan fingerprint density at radius 3 is 2.83 bits per heavy atom. The highest BCUT2D eigenvalue weighted by Gasteiger charge is 2.23. The number of anilines is 1. The summed E-state index contributed by atoms with van der Waals surface area (Å²) in [5.74, 6) is -1.17. The predicted octanol–water partition coefficient (Wildman–Crippen LogP) is 1.27. The second-order valence-electron chi connectivity index (χ2n) is 3.87. The monoisotopic (exact) mass is 271 g/mol. The summed E-state index contributed by atoms with van der Waals surface area (Å²) < 4.78 is 0. The van der Waals surface area contributed by atoms with Gasteiger partial charge in [0, 0.05) is 11.6 Å². The van der Waals surface area contributed by atoms with Crippen LogP contribution in [-0.2, 0) is 9.59 Å². The number of aliphatic carboxylic acids is 1. The van der Waals surface area contributed by atoms with E-state index < -0.39 is 12.0 Å². The molecule has 0 aliphatic carbocycles. The molecule has 2 N–H and O–H groups in total. The van der Waals surface area contributed by atoms with Gasteiger partial charge in [0.2, 0.25) is 5.91 Å². The Morgan fingerprint density at radius 2 is 2.33 bits per heavy atom. The van der Waals surface area contributed by atoms with E-state index in [0.29, 0.717) is 11.7 Å². The van der Waals surface area contributed by atoms with Crippen LogP contribution < -0.4 is 5.32 Å². The molecule has 0 bridgehead atoms. The van der Waals surface area contributed by atoms with E-state index in [2.05, 4.69) is 10.3 Å². The van der Waals surface area contributed by atoms with Gasteiger partial charge in [0.15, 0.2) is 5.13 Å². The molecule has 1 aromatic rings. The van der Waals surface area contributed by atoms with E-state index in [1.807, 2.05) is 6.92 Å². The Bertz CT molecular complexity index is 394. The summed E-state index contributed by atoms with van der Waals surface area (Å²) in [6.45, 7) is 4.07. The van der Waals surface area contributed by atoms with Crippen LogP contribution in [0.15, 0.2) is 11.6 Å². The first-order chi connectivity index (χ1) is 8.54. The second kappa shape index (κ2) is 7.07. The molecule has 0 fully saturated rings. The van der Waals surface area contributed by atoms with Crippen molar-refractivity contribution in [2.45, 2.75) is 26.3 Å². The number of rotatable bonds is 7. The lowest BCUT2D eigenvalue weighted by atomic mass is 10.2. The van der Waals surface area contributed by atoms with Crippen molar-refractivity contribution in [1.29, 1.82) is 0 Å². The molecule has 1 atom stereocenters. The Morgan fingerprint density at radius 1 is 1.61 bits per heavy atom. The molecule has 1 unspecified atom stereocenters. The van der Waals surface area contributed by atoms with Gasteiger partial charge in [0.1, 0.15) is 0 Å². The van der Waals surface area contributed by atoms with Gasteiger partial charge < -0.3 is 10.4 Å². The van der Waals surface area contributed by atoms with Crippen molar-refractivity contribution >= 4 is 28.3 Å². The third kappa shape index (κ3) is 4.42. The van der Waals surface area contributed by atoms with Gasteiger partial charge in [0.25, 0.3) is 0 Å². The highest BCUT2D eigenvalue weighted by molar-refractivity contribution is 7.13. The van der Waals surface area contributed by atoms with Crippen molar-refractivity contribution in [3.05, 3.63) is 11.6 Å². The smallest absolute Gasteiger partial charge is 0.317 e. The van der Waals surface area contributed by atoms with Crippen molar-refractivity contribution in [1.82, 2.24) is 9.88 Å². The summed E-state index contributed by atoms with van der Waals surface area (Å²) in [5.41, 5.74) is 0. The van der Waals surface area contributed by atoms with E-state index in [1.54, 1.807) is 23.4 Å². The number of carbonyl (C=O) groups is 2. The molecule has 0 aliphatic rings. The Hall–Kier alpha value is -1.47. The number of thiazole rings is 1. The molecular formula is C11H17N3O3S. The molecule has 6 nitrogen and oxygen atoms in total. The number of carboxylic acid groups (broad SMARTS) is 1. The highest BCUT2D eigenvalue weighted by Crippen LogP contribution is 2.12. The average Bonchev–Trinajstić information content (AvgIpc) is 2.79. The number of nitrogens with one attached hydrogen (secondary N) is 1. The topological polar surface area (TPSA) is 82.5 Å². The van der Waals surface area contributed by atoms with Gasteiger partial charge in [-0.25, -0.2) is 4.98 Å². The molecule has 0 aromatic carbocycles. The molecule has 1 aromatic heterocycles. The van der Waals surface area contributed by atoms with Crippen LogP contribution in [0.2, 0.25) is 0 Å². The van der Waals surface area contributed by atoms with Crippen LogP contribution in [0.1, 0.15) is 20.3 Å². The minimum Gasteiger partial charge on any atom is -0.480 e. The van der Waals surface area contributed by atoms with Crippen molar-refractivity contribution in [3.63, 3.8) is 0 Å². The normalized spacial score (nSPS) is 12.4. The predicted molar refractivity (Wildman–Crippen MR) is 69.7 cm³/mol. The van der Waals surface area contributed by atoms with Gasteiger partial charge in [-0.05, 0) is 19.9 Å². The van der Waals surface area contributed by atoms with Crippen LogP contribution in [0.5, 0.6) is 0 Å². The SMILES string of the molecule is CCCN(CC(=O)O)C(C)C(=O)Nc1nccs1. The summed E-state index contributed by atoms with van der Waals surface area (Å²) in [5, 5.41) is 13.8. The zero-order valence-corrected chi connectivity index (χ0v) is 11.2. The van der Waals surface area contributed by atoms with Crippen LogP contribution in [0, 0.1) is 0 Å². The number of hydrogen-bond acceptors (Lipinski definition) is 5. The first-order valence-corrected chi connectivity index (χ1v) is 6.58. The number of hydrogen-bond donors (Lipinski definition) is 2. The Labute approximate surface area is 110 Å². The highest BCUT2D eigenvalue weighted by atomic mass is 32.1. The molecule has 0 radical (unpaired) electrons.